The van der Waals surface area contributed by atoms with E-state index in [1.54, 1.807) is 30.3 Å². The first-order valence-electron chi connectivity index (χ1n) is 13.5. The zero-order chi connectivity index (χ0) is 29.2. The number of carbonyl (C=O) groups excluding carboxylic acids is 1. The van der Waals surface area contributed by atoms with E-state index in [1.165, 1.54) is 48.6 Å². The first-order valence-corrected chi connectivity index (χ1v) is 13.5. The van der Waals surface area contributed by atoms with Crippen LogP contribution >= 0.6 is 0 Å². The second-order valence-corrected chi connectivity index (χ2v) is 9.47. The Balaban J connectivity index is 1.49. The maximum Gasteiger partial charge on any atom is 0.573 e. The molecule has 0 fully saturated rings. The lowest BCUT2D eigenvalue weighted by Gasteiger charge is -2.11. The lowest BCUT2D eigenvalue weighted by molar-refractivity contribution is -0.274. The zero-order valence-electron chi connectivity index (χ0n) is 22.6. The summed E-state index contributed by atoms with van der Waals surface area (Å²) in [5.74, 6) is -0.785. The number of hydrogen-bond donors (Lipinski definition) is 3. The third kappa shape index (κ3) is 8.55. The number of phenols is 1. The fourth-order valence-corrected chi connectivity index (χ4v) is 4.17. The number of hydrogen-bond acceptors (Lipinski definition) is 6. The Morgan fingerprint density at radius 1 is 0.951 bits per heavy atom. The van der Waals surface area contributed by atoms with Crippen molar-refractivity contribution in [3.05, 3.63) is 83.9 Å². The molecule has 0 unspecified atom stereocenters. The maximum absolute atomic E-state index is 13.1. The molecule has 0 saturated heterocycles. The Hall–Kier alpha value is -4.38. The number of nitrogens with zero attached hydrogens (tertiary/aromatic N) is 3. The predicted molar refractivity (Wildman–Crippen MR) is 150 cm³/mol. The molecule has 0 radical (unpaired) electrons. The third-order valence-corrected chi connectivity index (χ3v) is 6.29. The molecule has 4 aromatic rings. The van der Waals surface area contributed by atoms with Crippen molar-refractivity contribution in [2.75, 3.05) is 11.9 Å². The number of unbranched alkanes of at least 4 members (excludes halogenated alkanes) is 4. The van der Waals surface area contributed by atoms with Gasteiger partial charge in [0.15, 0.2) is 5.82 Å². The second kappa shape index (κ2) is 13.8. The fraction of sp³-hybridized carbons (Fsp3) is 0.300. The number of aromatic nitrogens is 3. The molecule has 1 aromatic heterocycles. The summed E-state index contributed by atoms with van der Waals surface area (Å²) in [5.41, 5.74) is 2.07. The number of nitrogens with one attached hydrogen (secondary N) is 2. The van der Waals surface area contributed by atoms with Crippen LogP contribution in [-0.4, -0.2) is 38.7 Å². The Bertz CT molecular complexity index is 1420. The number of carbonyl (C=O) groups is 1. The molecular weight excluding hydrogens is 535 g/mol. The average molecular weight is 568 g/mol. The number of halogens is 3. The first-order chi connectivity index (χ1) is 19.7. The van der Waals surface area contributed by atoms with Crippen LogP contribution in [0, 0.1) is 0 Å². The van der Waals surface area contributed by atoms with Gasteiger partial charge in [0, 0.05) is 12.1 Å². The van der Waals surface area contributed by atoms with E-state index in [4.69, 9.17) is 0 Å². The molecule has 0 atom stereocenters. The number of rotatable bonds is 13. The van der Waals surface area contributed by atoms with Gasteiger partial charge >= 0.3 is 6.36 Å². The number of benzene rings is 3. The predicted octanol–water partition coefficient (Wildman–Crippen LogP) is 6.85. The summed E-state index contributed by atoms with van der Waals surface area (Å²) >= 11 is 0. The molecule has 0 aliphatic heterocycles. The SMILES string of the molecule is CCCCCCCNCc1ccc(C(=O)Nc2nc(-c3ccccc3O)nn2-c2ccc(OC(F)(F)F)cc2)cc1. The molecule has 0 aliphatic rings. The van der Waals surface area contributed by atoms with Crippen LogP contribution in [0.3, 0.4) is 0 Å². The van der Waals surface area contributed by atoms with E-state index in [9.17, 15) is 23.1 Å². The van der Waals surface area contributed by atoms with Crippen molar-refractivity contribution in [1.82, 2.24) is 20.1 Å². The van der Waals surface area contributed by atoms with Crippen LogP contribution in [0.4, 0.5) is 19.1 Å². The number of aromatic hydroxyl groups is 1. The van der Waals surface area contributed by atoms with Crippen molar-refractivity contribution in [3.8, 4) is 28.6 Å². The van der Waals surface area contributed by atoms with Gasteiger partial charge in [-0.1, -0.05) is 56.9 Å². The quantitative estimate of drug-likeness (QED) is 0.153. The first kappa shape index (κ1) is 29.6. The summed E-state index contributed by atoms with van der Waals surface area (Å²) in [6.45, 7) is 3.83. The van der Waals surface area contributed by atoms with E-state index in [1.807, 2.05) is 12.1 Å². The summed E-state index contributed by atoms with van der Waals surface area (Å²) in [6.07, 6.45) is 1.24. The van der Waals surface area contributed by atoms with E-state index < -0.39 is 18.0 Å². The third-order valence-electron chi connectivity index (χ3n) is 6.29. The topological polar surface area (TPSA) is 101 Å². The molecule has 1 heterocycles. The number of ether oxygens (including phenoxy) is 1. The van der Waals surface area contributed by atoms with Gasteiger partial charge in [-0.15, -0.1) is 18.3 Å². The Morgan fingerprint density at radius 2 is 1.66 bits per heavy atom. The molecule has 0 bridgehead atoms. The van der Waals surface area contributed by atoms with Gasteiger partial charge < -0.3 is 15.2 Å². The van der Waals surface area contributed by atoms with Crippen molar-refractivity contribution < 1.29 is 27.8 Å². The molecule has 11 heteroatoms. The summed E-state index contributed by atoms with van der Waals surface area (Å²) in [5, 5.41) is 20.8. The zero-order valence-corrected chi connectivity index (χ0v) is 22.6. The van der Waals surface area contributed by atoms with Crippen molar-refractivity contribution in [2.24, 2.45) is 0 Å². The minimum Gasteiger partial charge on any atom is -0.507 e. The van der Waals surface area contributed by atoms with Gasteiger partial charge in [0.05, 0.1) is 11.3 Å². The summed E-state index contributed by atoms with van der Waals surface area (Å²) in [6, 6.07) is 18.6. The number of anilines is 1. The monoisotopic (exact) mass is 567 g/mol. The minimum absolute atomic E-state index is 0.0200. The van der Waals surface area contributed by atoms with Crippen LogP contribution in [0.2, 0.25) is 0 Å². The standard InChI is InChI=1S/C30H32F3N5O3/c1-2-3-4-5-8-19-34-20-21-11-13-22(14-12-21)28(40)36-29-35-27(25-9-6-7-10-26(25)39)37-38(29)23-15-17-24(18-16-23)41-30(31,32)33/h6-7,9-18,34,39H,2-5,8,19-20H2,1H3,(H,35,36,37,40). The van der Waals surface area contributed by atoms with Gasteiger partial charge in [-0.2, -0.15) is 9.67 Å². The van der Waals surface area contributed by atoms with Crippen LogP contribution in [0.1, 0.15) is 54.9 Å². The molecular formula is C30H32F3N5O3. The molecule has 8 nitrogen and oxygen atoms in total. The van der Waals surface area contributed by atoms with Gasteiger partial charge in [0.25, 0.3) is 5.91 Å². The fourth-order valence-electron chi connectivity index (χ4n) is 4.17. The number of para-hydroxylation sites is 1. The Morgan fingerprint density at radius 3 is 2.34 bits per heavy atom. The van der Waals surface area contributed by atoms with Crippen molar-refractivity contribution >= 4 is 11.9 Å². The van der Waals surface area contributed by atoms with Gasteiger partial charge in [-0.25, -0.2) is 0 Å². The highest BCUT2D eigenvalue weighted by atomic mass is 19.4. The second-order valence-electron chi connectivity index (χ2n) is 9.47. The molecule has 0 aliphatic carbocycles. The molecule has 1 amide bonds. The largest absolute Gasteiger partial charge is 0.573 e. The number of alkyl halides is 3. The average Bonchev–Trinajstić information content (AvgIpc) is 3.36. The van der Waals surface area contributed by atoms with Crippen LogP contribution in [0.25, 0.3) is 17.1 Å². The van der Waals surface area contributed by atoms with Gasteiger partial charge in [0.2, 0.25) is 5.95 Å². The highest BCUT2D eigenvalue weighted by Crippen LogP contribution is 2.29. The lowest BCUT2D eigenvalue weighted by Crippen LogP contribution is -2.17. The van der Waals surface area contributed by atoms with Gasteiger partial charge in [0.1, 0.15) is 11.5 Å². The molecule has 4 rings (SSSR count). The van der Waals surface area contributed by atoms with E-state index in [2.05, 4.69) is 32.4 Å². The molecule has 41 heavy (non-hydrogen) atoms. The van der Waals surface area contributed by atoms with Crippen LogP contribution in [0.5, 0.6) is 11.5 Å². The Kier molecular flexibility index (Phi) is 9.96. The Labute approximate surface area is 236 Å². The van der Waals surface area contributed by atoms with Crippen molar-refractivity contribution in [3.63, 3.8) is 0 Å². The van der Waals surface area contributed by atoms with E-state index in [0.29, 0.717) is 23.4 Å². The number of amides is 1. The van der Waals surface area contributed by atoms with Crippen LogP contribution < -0.4 is 15.4 Å². The summed E-state index contributed by atoms with van der Waals surface area (Å²) in [7, 11) is 0. The normalized spacial score (nSPS) is 11.4. The van der Waals surface area contributed by atoms with E-state index >= 15 is 0 Å². The highest BCUT2D eigenvalue weighted by molar-refractivity contribution is 6.03. The number of phenolic OH excluding ortho intramolecular Hbond substituents is 1. The van der Waals surface area contributed by atoms with Crippen LogP contribution in [0.15, 0.2) is 72.8 Å². The maximum atomic E-state index is 13.1. The molecule has 3 N–H and O–H groups in total. The highest BCUT2D eigenvalue weighted by Gasteiger charge is 2.31. The smallest absolute Gasteiger partial charge is 0.507 e. The molecule has 216 valence electrons. The molecule has 0 saturated carbocycles. The minimum atomic E-state index is -4.83. The van der Waals surface area contributed by atoms with E-state index in [0.717, 1.165) is 30.7 Å². The van der Waals surface area contributed by atoms with Gasteiger partial charge in [-0.3, -0.25) is 10.1 Å². The van der Waals surface area contributed by atoms with Crippen molar-refractivity contribution in [1.29, 1.82) is 0 Å². The van der Waals surface area contributed by atoms with E-state index in [-0.39, 0.29) is 17.5 Å². The van der Waals surface area contributed by atoms with Crippen molar-refractivity contribution in [2.45, 2.75) is 51.9 Å². The van der Waals surface area contributed by atoms with Gasteiger partial charge in [-0.05, 0) is 67.1 Å². The molecule has 0 spiro atoms. The molecule has 3 aromatic carbocycles. The summed E-state index contributed by atoms with van der Waals surface area (Å²) in [4.78, 5) is 17.5. The summed E-state index contributed by atoms with van der Waals surface area (Å²) < 4.78 is 43.0. The lowest BCUT2D eigenvalue weighted by atomic mass is 10.1. The van der Waals surface area contributed by atoms with Crippen LogP contribution in [-0.2, 0) is 6.54 Å².